The number of carbonyl (C=O) groups excluding carboxylic acids is 4. The highest BCUT2D eigenvalue weighted by Gasteiger charge is 2.27. The number of halogens is 8. The number of hydrogen-bond donors (Lipinski definition) is 1. The molecule has 2 fully saturated rings. The Hall–Kier alpha value is -6.28. The lowest BCUT2D eigenvalue weighted by atomic mass is 10.1. The van der Waals surface area contributed by atoms with E-state index < -0.39 is 48.6 Å². The number of ketones is 1. The number of Topliss-reactive ketones (excluding diaryl/α,β-unsaturated/α-hetero) is 1. The van der Waals surface area contributed by atoms with Gasteiger partial charge in [-0.3, -0.25) is 29.4 Å². The smallest absolute Gasteiger partial charge is 0.324 e. The number of amides is 5. The number of hydrogen-bond acceptors (Lipinski definition) is 9. The molecule has 0 atom stereocenters. The lowest BCUT2D eigenvalue weighted by Crippen LogP contribution is -2.45. The molecule has 2 aliphatic heterocycles. The van der Waals surface area contributed by atoms with Crippen LogP contribution < -0.4 is 15.1 Å². The fraction of sp³-hybridized carbons (Fsp3) is 0.349. The van der Waals surface area contributed by atoms with E-state index in [-0.39, 0.29) is 46.7 Å². The number of aromatic nitrogens is 4. The lowest BCUT2D eigenvalue weighted by Gasteiger charge is -2.33. The van der Waals surface area contributed by atoms with E-state index >= 15 is 0 Å². The van der Waals surface area contributed by atoms with E-state index in [9.17, 15) is 45.5 Å². The Morgan fingerprint density at radius 1 is 0.677 bits per heavy atom. The van der Waals surface area contributed by atoms with E-state index in [4.69, 9.17) is 27.6 Å². The highest BCUT2D eigenvalue weighted by atomic mass is 35.5. The number of alkyl halides is 4. The van der Waals surface area contributed by atoms with Gasteiger partial charge in [-0.25, -0.2) is 18.4 Å². The number of carbonyl (C=O) groups is 4. The monoisotopic (exact) mass is 947 g/mol. The maximum atomic E-state index is 13.7. The van der Waals surface area contributed by atoms with E-state index in [0.717, 1.165) is 38.5 Å². The molecule has 7 rings (SSSR count). The molecule has 344 valence electrons. The fourth-order valence-electron chi connectivity index (χ4n) is 6.79. The average molecular weight is 949 g/mol. The SMILES string of the molecule is O=C(CNC(=O)C(F)F)c1ccc(CN(C(=O)N2CCCCC2)c2ccc(F)c(Cl)c2)nc1.O=C(N1CCCCC1)N(Cc1ccc(-c2nnc(C(F)F)o2)cn1)c1ccc(F)c(Cl)c1. The maximum Gasteiger partial charge on any atom is 0.324 e. The summed E-state index contributed by atoms with van der Waals surface area (Å²) >= 11 is 11.9. The number of nitrogens with one attached hydrogen (secondary N) is 1. The van der Waals surface area contributed by atoms with Crippen molar-refractivity contribution in [3.63, 3.8) is 0 Å². The predicted octanol–water partition coefficient (Wildman–Crippen LogP) is 9.52. The van der Waals surface area contributed by atoms with Gasteiger partial charge in [-0.15, -0.1) is 10.2 Å². The highest BCUT2D eigenvalue weighted by molar-refractivity contribution is 6.31. The first-order valence-electron chi connectivity index (χ1n) is 20.3. The molecule has 0 bridgehead atoms. The minimum Gasteiger partial charge on any atom is -0.415 e. The van der Waals surface area contributed by atoms with Crippen molar-refractivity contribution in [3.8, 4) is 11.5 Å². The van der Waals surface area contributed by atoms with E-state index in [1.807, 2.05) is 5.32 Å². The van der Waals surface area contributed by atoms with Crippen molar-refractivity contribution < 1.29 is 49.9 Å². The molecule has 5 heterocycles. The molecule has 5 amide bonds. The van der Waals surface area contributed by atoms with Gasteiger partial charge in [0.1, 0.15) is 11.6 Å². The Bertz CT molecular complexity index is 2440. The minimum absolute atomic E-state index is 0.0356. The summed E-state index contributed by atoms with van der Waals surface area (Å²) in [5, 5.41) is 8.52. The lowest BCUT2D eigenvalue weighted by molar-refractivity contribution is -0.131. The molecule has 3 aromatic heterocycles. The van der Waals surface area contributed by atoms with Crippen LogP contribution in [0.3, 0.4) is 0 Å². The van der Waals surface area contributed by atoms with Crippen LogP contribution in [0, 0.1) is 11.6 Å². The van der Waals surface area contributed by atoms with Crippen molar-refractivity contribution in [2.45, 2.75) is 64.5 Å². The standard InChI is InChI=1S/C22H22ClF3N4O3.C21H19ClF3N5O2/c23-17-10-16(6-7-18(17)24)30(22(33)29-8-2-1-3-9-29)13-15-5-4-14(11-27-15)19(31)12-28-21(32)20(25)26;22-16-10-15(6-7-17(16)23)30(21(31)29-8-2-1-3-9-29)12-14-5-4-13(11-26-14)19-27-28-20(32-19)18(24)25/h4-7,10-11,20H,1-3,8-9,12-13H2,(H,28,32);4-7,10-11,18H,1-3,8-9,12H2. The van der Waals surface area contributed by atoms with Gasteiger partial charge in [0.2, 0.25) is 5.89 Å². The maximum absolute atomic E-state index is 13.7. The van der Waals surface area contributed by atoms with Crippen molar-refractivity contribution in [3.05, 3.63) is 118 Å². The van der Waals surface area contributed by atoms with Crippen molar-refractivity contribution >= 4 is 58.3 Å². The van der Waals surface area contributed by atoms with Crippen LogP contribution in [0.2, 0.25) is 10.0 Å². The molecule has 0 spiro atoms. The molecule has 0 aliphatic carbocycles. The Kier molecular flexibility index (Phi) is 16.7. The van der Waals surface area contributed by atoms with Crippen molar-refractivity contribution in [1.29, 1.82) is 0 Å². The summed E-state index contributed by atoms with van der Waals surface area (Å²) in [6.07, 6.45) is 2.30. The molecule has 0 unspecified atom stereocenters. The van der Waals surface area contributed by atoms with E-state index in [1.165, 1.54) is 70.7 Å². The summed E-state index contributed by atoms with van der Waals surface area (Å²) in [6.45, 7) is 2.04. The molecule has 22 heteroatoms. The second-order valence-electron chi connectivity index (χ2n) is 14.8. The molecular weight excluding hydrogens is 907 g/mol. The van der Waals surface area contributed by atoms with Crippen LogP contribution in [-0.4, -0.2) is 92.9 Å². The normalized spacial score (nSPS) is 13.9. The molecule has 2 aliphatic rings. The molecule has 1 N–H and O–H groups in total. The van der Waals surface area contributed by atoms with E-state index in [1.54, 1.807) is 21.9 Å². The van der Waals surface area contributed by atoms with Gasteiger partial charge in [0.15, 0.2) is 5.78 Å². The van der Waals surface area contributed by atoms with Gasteiger partial charge in [-0.05, 0) is 99.2 Å². The minimum atomic E-state index is -3.21. The third-order valence-electron chi connectivity index (χ3n) is 10.3. The fourth-order valence-corrected chi connectivity index (χ4v) is 7.14. The molecule has 14 nitrogen and oxygen atoms in total. The quantitative estimate of drug-likeness (QED) is 0.0950. The van der Waals surface area contributed by atoms with Gasteiger partial charge >= 0.3 is 24.9 Å². The Balaban J connectivity index is 0.000000215. The predicted molar refractivity (Wildman–Crippen MR) is 227 cm³/mol. The first-order valence-corrected chi connectivity index (χ1v) is 21.1. The summed E-state index contributed by atoms with van der Waals surface area (Å²) in [6, 6.07) is 13.8. The van der Waals surface area contributed by atoms with Gasteiger partial charge < -0.3 is 19.5 Å². The molecule has 65 heavy (non-hydrogen) atoms. The summed E-state index contributed by atoms with van der Waals surface area (Å²) < 4.78 is 82.1. The molecule has 2 aromatic carbocycles. The van der Waals surface area contributed by atoms with Crippen LogP contribution in [0.5, 0.6) is 0 Å². The number of nitrogens with zero attached hydrogens (tertiary/aromatic N) is 8. The van der Waals surface area contributed by atoms with Crippen LogP contribution in [0.1, 0.15) is 72.6 Å². The number of rotatable bonds is 12. The number of benzene rings is 2. The third-order valence-corrected chi connectivity index (χ3v) is 10.8. The molecule has 0 saturated carbocycles. The van der Waals surface area contributed by atoms with Crippen molar-refractivity contribution in [2.75, 3.05) is 42.5 Å². The topological polar surface area (TPSA) is 158 Å². The second-order valence-corrected chi connectivity index (χ2v) is 15.6. The number of anilines is 2. The second kappa shape index (κ2) is 22.6. The molecule has 5 aromatic rings. The van der Waals surface area contributed by atoms with Crippen molar-refractivity contribution in [1.82, 2.24) is 35.3 Å². The number of urea groups is 2. The highest BCUT2D eigenvalue weighted by Crippen LogP contribution is 2.29. The van der Waals surface area contributed by atoms with Gasteiger partial charge in [-0.1, -0.05) is 23.2 Å². The van der Waals surface area contributed by atoms with Gasteiger partial charge in [-0.2, -0.15) is 17.6 Å². The first kappa shape index (κ1) is 48.2. The van der Waals surface area contributed by atoms with Crippen LogP contribution in [-0.2, 0) is 17.9 Å². The van der Waals surface area contributed by atoms with Gasteiger partial charge in [0.25, 0.3) is 11.8 Å². The van der Waals surface area contributed by atoms with Crippen LogP contribution in [0.25, 0.3) is 11.5 Å². The summed E-state index contributed by atoms with van der Waals surface area (Å²) in [4.78, 5) is 64.3. The van der Waals surface area contributed by atoms with Crippen LogP contribution >= 0.6 is 23.2 Å². The van der Waals surface area contributed by atoms with Gasteiger partial charge in [0.05, 0.1) is 46.6 Å². The average Bonchev–Trinajstić information content (AvgIpc) is 3.83. The Morgan fingerprint density at radius 3 is 1.60 bits per heavy atom. The van der Waals surface area contributed by atoms with Gasteiger partial charge in [0, 0.05) is 55.5 Å². The zero-order valence-corrected chi connectivity index (χ0v) is 35.9. The molecule has 2 saturated heterocycles. The van der Waals surface area contributed by atoms with Crippen molar-refractivity contribution in [2.24, 2.45) is 0 Å². The number of pyridine rings is 2. The molecular formula is C43H41Cl2F6N9O5. The largest absolute Gasteiger partial charge is 0.415 e. The third kappa shape index (κ3) is 12.9. The zero-order valence-electron chi connectivity index (χ0n) is 34.4. The first-order chi connectivity index (χ1) is 31.2. The summed E-state index contributed by atoms with van der Waals surface area (Å²) in [5.41, 5.74) is 2.28. The Labute approximate surface area is 378 Å². The molecule has 0 radical (unpaired) electrons. The zero-order chi connectivity index (χ0) is 46.6. The van der Waals surface area contributed by atoms with Crippen LogP contribution in [0.4, 0.5) is 47.3 Å². The van der Waals surface area contributed by atoms with E-state index in [2.05, 4.69) is 20.2 Å². The number of likely N-dealkylation sites (tertiary alicyclic amines) is 2. The van der Waals surface area contributed by atoms with Crippen LogP contribution in [0.15, 0.2) is 77.5 Å². The summed E-state index contributed by atoms with van der Waals surface area (Å²) in [7, 11) is 0. The van der Waals surface area contributed by atoms with E-state index in [0.29, 0.717) is 54.5 Å². The number of piperidine rings is 2. The summed E-state index contributed by atoms with van der Waals surface area (Å²) in [5.74, 6) is -4.15. The Morgan fingerprint density at radius 2 is 1.18 bits per heavy atom.